The molecule has 1 N–H and O–H groups in total. The highest BCUT2D eigenvalue weighted by molar-refractivity contribution is 5.80. The lowest BCUT2D eigenvalue weighted by atomic mass is 9.74. The first-order valence-corrected chi connectivity index (χ1v) is 12.1. The molecule has 0 atom stereocenters. The second kappa shape index (κ2) is 13.0. The average Bonchev–Trinajstić information content (AvgIpc) is 2.85. The van der Waals surface area contributed by atoms with Crippen LogP contribution >= 0.6 is 0 Å². The van der Waals surface area contributed by atoms with E-state index in [9.17, 15) is 0 Å². The maximum atomic E-state index is 6.03. The van der Waals surface area contributed by atoms with E-state index in [2.05, 4.69) is 41.4 Å². The number of ether oxygens (including phenoxy) is 4. The molecule has 2 fully saturated rings. The van der Waals surface area contributed by atoms with Gasteiger partial charge in [-0.05, 0) is 56.7 Å². The molecule has 1 aromatic carbocycles. The Morgan fingerprint density at radius 3 is 2.47 bits per heavy atom. The lowest BCUT2D eigenvalue weighted by Crippen LogP contribution is -2.48. The number of hydrogen-bond donors (Lipinski definition) is 1. The highest BCUT2D eigenvalue weighted by Gasteiger charge is 2.35. The van der Waals surface area contributed by atoms with Crippen LogP contribution in [0.1, 0.15) is 44.6 Å². The van der Waals surface area contributed by atoms with Crippen LogP contribution in [0, 0.1) is 0 Å². The molecule has 0 saturated carbocycles. The lowest BCUT2D eigenvalue weighted by molar-refractivity contribution is 0.00982. The molecule has 32 heavy (non-hydrogen) atoms. The van der Waals surface area contributed by atoms with E-state index < -0.39 is 0 Å². The number of guanidine groups is 1. The lowest BCUT2D eigenvalue weighted by Gasteiger charge is -2.38. The van der Waals surface area contributed by atoms with Gasteiger partial charge in [-0.3, -0.25) is 4.99 Å². The Balaban J connectivity index is 1.64. The van der Waals surface area contributed by atoms with Crippen molar-refractivity contribution in [3.05, 3.63) is 29.8 Å². The number of methoxy groups -OCH3 is 2. The molecule has 7 nitrogen and oxygen atoms in total. The first-order chi connectivity index (χ1) is 15.7. The zero-order valence-electron chi connectivity index (χ0n) is 20.1. The third-order valence-electron chi connectivity index (χ3n) is 6.61. The summed E-state index contributed by atoms with van der Waals surface area (Å²) in [5, 5.41) is 3.52. The molecule has 3 rings (SSSR count). The molecule has 0 bridgehead atoms. The molecule has 180 valence electrons. The minimum atomic E-state index is 0.00791. The predicted octanol–water partition coefficient (Wildman–Crippen LogP) is 3.23. The van der Waals surface area contributed by atoms with Gasteiger partial charge in [-0.15, -0.1) is 0 Å². The minimum absolute atomic E-state index is 0.00791. The largest absolute Gasteiger partial charge is 0.497 e. The van der Waals surface area contributed by atoms with E-state index in [0.717, 1.165) is 96.4 Å². The summed E-state index contributed by atoms with van der Waals surface area (Å²) in [6, 6.07) is 8.50. The molecule has 7 heteroatoms. The van der Waals surface area contributed by atoms with Gasteiger partial charge >= 0.3 is 0 Å². The molecule has 1 aromatic rings. The summed E-state index contributed by atoms with van der Waals surface area (Å²) in [6.07, 6.45) is 5.34. The molecule has 0 aromatic heterocycles. The molecule has 0 unspecified atom stereocenters. The van der Waals surface area contributed by atoms with E-state index in [1.807, 2.05) is 0 Å². The molecule has 0 spiro atoms. The van der Waals surface area contributed by atoms with Crippen LogP contribution in [0.4, 0.5) is 0 Å². The highest BCUT2D eigenvalue weighted by atomic mass is 16.5. The van der Waals surface area contributed by atoms with Gasteiger partial charge in [-0.2, -0.15) is 0 Å². The van der Waals surface area contributed by atoms with E-state index in [0.29, 0.717) is 6.10 Å². The van der Waals surface area contributed by atoms with Crippen molar-refractivity contribution in [3.8, 4) is 5.75 Å². The summed E-state index contributed by atoms with van der Waals surface area (Å²) < 4.78 is 22.2. The number of likely N-dealkylation sites (tertiary alicyclic amines) is 1. The first kappa shape index (κ1) is 24.8. The minimum Gasteiger partial charge on any atom is -0.497 e. The quantitative estimate of drug-likeness (QED) is 0.338. The van der Waals surface area contributed by atoms with E-state index >= 15 is 0 Å². The Labute approximate surface area is 193 Å². The molecule has 2 aliphatic heterocycles. The standard InChI is InChI=1S/C25H41N3O4/c1-4-26-24(28-14-10-23(11-15-28)32-17-5-16-29-2)27-20-25(12-18-31-19-13-25)21-6-8-22(30-3)9-7-21/h6-9,23H,4-5,10-20H2,1-3H3,(H,26,27). The number of benzene rings is 1. The topological polar surface area (TPSA) is 64.6 Å². The van der Waals surface area contributed by atoms with Gasteiger partial charge < -0.3 is 29.2 Å². The van der Waals surface area contributed by atoms with Crippen LogP contribution in [0.25, 0.3) is 0 Å². The van der Waals surface area contributed by atoms with Crippen LogP contribution in [0.2, 0.25) is 0 Å². The van der Waals surface area contributed by atoms with Crippen molar-refractivity contribution < 1.29 is 18.9 Å². The van der Waals surface area contributed by atoms with Gasteiger partial charge in [0.2, 0.25) is 0 Å². The van der Waals surface area contributed by atoms with Gasteiger partial charge in [0.15, 0.2) is 5.96 Å². The Hall–Kier alpha value is -1.83. The van der Waals surface area contributed by atoms with Gasteiger partial charge in [0, 0.05) is 58.6 Å². The molecule has 0 aliphatic carbocycles. The van der Waals surface area contributed by atoms with Gasteiger partial charge in [-0.25, -0.2) is 0 Å². The smallest absolute Gasteiger partial charge is 0.193 e. The highest BCUT2D eigenvalue weighted by Crippen LogP contribution is 2.36. The van der Waals surface area contributed by atoms with E-state index in [1.165, 1.54) is 5.56 Å². The third kappa shape index (κ3) is 6.83. The summed E-state index contributed by atoms with van der Waals surface area (Å²) in [7, 11) is 3.44. The maximum Gasteiger partial charge on any atom is 0.193 e. The zero-order chi connectivity index (χ0) is 22.7. The Morgan fingerprint density at radius 1 is 1.12 bits per heavy atom. The summed E-state index contributed by atoms with van der Waals surface area (Å²) in [6.45, 7) is 8.81. The van der Waals surface area contributed by atoms with Crippen molar-refractivity contribution >= 4 is 5.96 Å². The molecular formula is C25H41N3O4. The van der Waals surface area contributed by atoms with Crippen LogP contribution in [-0.2, 0) is 19.6 Å². The van der Waals surface area contributed by atoms with E-state index in [-0.39, 0.29) is 5.41 Å². The summed E-state index contributed by atoms with van der Waals surface area (Å²) in [4.78, 5) is 7.54. The normalized spacial score (nSPS) is 19.7. The number of hydrogen-bond acceptors (Lipinski definition) is 5. The predicted molar refractivity (Wildman–Crippen MR) is 128 cm³/mol. The van der Waals surface area contributed by atoms with Crippen molar-refractivity contribution in [2.45, 2.75) is 50.5 Å². The first-order valence-electron chi connectivity index (χ1n) is 12.1. The fourth-order valence-corrected chi connectivity index (χ4v) is 4.58. The van der Waals surface area contributed by atoms with Crippen LogP contribution in [0.15, 0.2) is 29.3 Å². The number of nitrogens with one attached hydrogen (secondary N) is 1. The van der Waals surface area contributed by atoms with Crippen molar-refractivity contribution in [3.63, 3.8) is 0 Å². The monoisotopic (exact) mass is 447 g/mol. The zero-order valence-corrected chi connectivity index (χ0v) is 20.1. The Morgan fingerprint density at radius 2 is 1.84 bits per heavy atom. The van der Waals surface area contributed by atoms with E-state index in [1.54, 1.807) is 14.2 Å². The number of aliphatic imine (C=N–C) groups is 1. The number of piperidine rings is 1. The SMILES string of the molecule is CCNC(=NCC1(c2ccc(OC)cc2)CCOCC1)N1CCC(OCCCOC)CC1. The molecule has 2 aliphatic rings. The van der Waals surface area contributed by atoms with Crippen LogP contribution in [0.5, 0.6) is 5.75 Å². The second-order valence-corrected chi connectivity index (χ2v) is 8.69. The van der Waals surface area contributed by atoms with Crippen molar-refractivity contribution in [1.29, 1.82) is 0 Å². The molecule has 0 amide bonds. The second-order valence-electron chi connectivity index (χ2n) is 8.69. The summed E-state index contributed by atoms with van der Waals surface area (Å²) in [5.74, 6) is 1.91. The molecule has 0 radical (unpaired) electrons. The Kier molecular flexibility index (Phi) is 10.1. The van der Waals surface area contributed by atoms with E-state index in [4.69, 9.17) is 23.9 Å². The van der Waals surface area contributed by atoms with Gasteiger partial charge in [0.25, 0.3) is 0 Å². The van der Waals surface area contributed by atoms with Gasteiger partial charge in [-0.1, -0.05) is 12.1 Å². The average molecular weight is 448 g/mol. The number of nitrogens with zero attached hydrogens (tertiary/aromatic N) is 2. The van der Waals surface area contributed by atoms with Crippen LogP contribution in [0.3, 0.4) is 0 Å². The molecule has 2 saturated heterocycles. The fourth-order valence-electron chi connectivity index (χ4n) is 4.58. The Bertz CT molecular complexity index is 681. The van der Waals surface area contributed by atoms with Crippen LogP contribution < -0.4 is 10.1 Å². The van der Waals surface area contributed by atoms with Gasteiger partial charge in [0.05, 0.1) is 19.8 Å². The maximum absolute atomic E-state index is 6.03. The summed E-state index contributed by atoms with van der Waals surface area (Å²) >= 11 is 0. The summed E-state index contributed by atoms with van der Waals surface area (Å²) in [5.41, 5.74) is 1.33. The molecule has 2 heterocycles. The fraction of sp³-hybridized carbons (Fsp3) is 0.720. The van der Waals surface area contributed by atoms with Crippen molar-refractivity contribution in [2.24, 2.45) is 4.99 Å². The van der Waals surface area contributed by atoms with Gasteiger partial charge in [0.1, 0.15) is 5.75 Å². The van der Waals surface area contributed by atoms with Crippen molar-refractivity contribution in [1.82, 2.24) is 10.2 Å². The van der Waals surface area contributed by atoms with Crippen LogP contribution in [-0.4, -0.2) is 83.8 Å². The third-order valence-corrected chi connectivity index (χ3v) is 6.61. The number of rotatable bonds is 10. The van der Waals surface area contributed by atoms with Crippen molar-refractivity contribution in [2.75, 3.05) is 66.8 Å². The molecular weight excluding hydrogens is 406 g/mol.